The lowest BCUT2D eigenvalue weighted by molar-refractivity contribution is 0.476. The summed E-state index contributed by atoms with van der Waals surface area (Å²) in [6.45, 7) is 0. The first-order valence-corrected chi connectivity index (χ1v) is 7.22. The molecule has 5 nitrogen and oxygen atoms in total. The Labute approximate surface area is 120 Å². The second-order valence-corrected chi connectivity index (χ2v) is 5.59. The van der Waals surface area contributed by atoms with E-state index in [0.29, 0.717) is 5.13 Å². The van der Waals surface area contributed by atoms with Crippen LogP contribution < -0.4 is 11.1 Å². The molecule has 0 aliphatic heterocycles. The van der Waals surface area contributed by atoms with Crippen molar-refractivity contribution in [2.45, 2.75) is 12.5 Å². The van der Waals surface area contributed by atoms with Gasteiger partial charge in [0.1, 0.15) is 5.75 Å². The van der Waals surface area contributed by atoms with Crippen molar-refractivity contribution < 1.29 is 5.11 Å². The minimum absolute atomic E-state index is 0.102. The molecule has 0 radical (unpaired) electrons. The summed E-state index contributed by atoms with van der Waals surface area (Å²) in [5, 5.41) is 16.5. The molecule has 3 rings (SSSR count). The Morgan fingerprint density at radius 3 is 3.05 bits per heavy atom. The Balaban J connectivity index is 1.93. The fraction of sp³-hybridized carbons (Fsp3) is 0.214. The van der Waals surface area contributed by atoms with Crippen LogP contribution in [0, 0.1) is 0 Å². The zero-order chi connectivity index (χ0) is 14.1. The molecule has 20 heavy (non-hydrogen) atoms. The fourth-order valence-corrected chi connectivity index (χ4v) is 2.99. The summed E-state index contributed by atoms with van der Waals surface area (Å²) in [4.78, 5) is 7.55. The molecular weight excluding hydrogens is 272 g/mol. The minimum atomic E-state index is 0.102. The number of hydrogen-bond donors (Lipinski definition) is 4. The van der Waals surface area contributed by atoms with Crippen LogP contribution in [0.4, 0.5) is 5.13 Å². The van der Waals surface area contributed by atoms with Crippen LogP contribution in [0.3, 0.4) is 0 Å². The highest BCUT2D eigenvalue weighted by Crippen LogP contribution is 2.27. The van der Waals surface area contributed by atoms with E-state index in [0.717, 1.165) is 28.6 Å². The zero-order valence-corrected chi connectivity index (χ0v) is 11.9. The van der Waals surface area contributed by atoms with Gasteiger partial charge in [-0.15, -0.1) is 11.3 Å². The van der Waals surface area contributed by atoms with Crippen molar-refractivity contribution in [2.75, 3.05) is 12.8 Å². The highest BCUT2D eigenvalue weighted by Gasteiger charge is 2.15. The maximum absolute atomic E-state index is 9.63. The standard InChI is InChI=1S/C14H16N4OS/c1-16-12(13-7-20-14(15)18-13)4-8-6-17-11-3-2-9(19)5-10(8)11/h2-3,5-7,12,16-17,19H,4H2,1H3,(H2,15,18)/t12-/m0/s1. The number of benzene rings is 1. The number of likely N-dealkylation sites (N-methyl/N-ethyl adjacent to an activating group) is 1. The topological polar surface area (TPSA) is 87.0 Å². The molecular formula is C14H16N4OS. The summed E-state index contributed by atoms with van der Waals surface area (Å²) in [7, 11) is 1.91. The molecule has 1 atom stereocenters. The molecule has 2 aromatic heterocycles. The Hall–Kier alpha value is -2.05. The van der Waals surface area contributed by atoms with Crippen LogP contribution >= 0.6 is 11.3 Å². The van der Waals surface area contributed by atoms with Gasteiger partial charge in [-0.05, 0) is 37.2 Å². The predicted octanol–water partition coefficient (Wildman–Crippen LogP) is 2.42. The van der Waals surface area contributed by atoms with E-state index in [2.05, 4.69) is 15.3 Å². The van der Waals surface area contributed by atoms with Crippen molar-refractivity contribution in [1.29, 1.82) is 0 Å². The number of aromatic amines is 1. The lowest BCUT2D eigenvalue weighted by atomic mass is 10.0. The average molecular weight is 288 g/mol. The van der Waals surface area contributed by atoms with Crippen LogP contribution in [0.1, 0.15) is 17.3 Å². The Morgan fingerprint density at radius 2 is 2.35 bits per heavy atom. The molecule has 0 spiro atoms. The number of aromatic nitrogens is 2. The largest absolute Gasteiger partial charge is 0.508 e. The van der Waals surface area contributed by atoms with E-state index in [1.165, 1.54) is 11.3 Å². The molecule has 3 aromatic rings. The van der Waals surface area contributed by atoms with Gasteiger partial charge in [-0.25, -0.2) is 4.98 Å². The van der Waals surface area contributed by atoms with Crippen molar-refractivity contribution in [3.8, 4) is 5.75 Å². The second-order valence-electron chi connectivity index (χ2n) is 4.70. The Morgan fingerprint density at radius 1 is 1.50 bits per heavy atom. The first kappa shape index (κ1) is 13.0. The minimum Gasteiger partial charge on any atom is -0.508 e. The first-order chi connectivity index (χ1) is 9.67. The van der Waals surface area contributed by atoms with Gasteiger partial charge in [-0.2, -0.15) is 0 Å². The third kappa shape index (κ3) is 2.35. The summed E-state index contributed by atoms with van der Waals surface area (Å²) in [5.41, 5.74) is 8.80. The number of H-pyrrole nitrogens is 1. The number of aromatic hydroxyl groups is 1. The number of nitrogens with zero attached hydrogens (tertiary/aromatic N) is 1. The van der Waals surface area contributed by atoms with E-state index in [4.69, 9.17) is 5.73 Å². The molecule has 0 amide bonds. The number of nitrogens with two attached hydrogens (primary N) is 1. The van der Waals surface area contributed by atoms with Crippen molar-refractivity contribution in [2.24, 2.45) is 0 Å². The molecule has 0 saturated heterocycles. The summed E-state index contributed by atoms with van der Waals surface area (Å²) < 4.78 is 0. The predicted molar refractivity (Wildman–Crippen MR) is 82.0 cm³/mol. The lowest BCUT2D eigenvalue weighted by Gasteiger charge is -2.13. The number of nitrogens with one attached hydrogen (secondary N) is 2. The molecule has 6 heteroatoms. The number of phenols is 1. The van der Waals surface area contributed by atoms with Gasteiger partial charge in [0.25, 0.3) is 0 Å². The van der Waals surface area contributed by atoms with E-state index in [1.807, 2.05) is 24.7 Å². The van der Waals surface area contributed by atoms with Crippen molar-refractivity contribution in [3.63, 3.8) is 0 Å². The lowest BCUT2D eigenvalue weighted by Crippen LogP contribution is -2.19. The Kier molecular flexibility index (Phi) is 3.33. The van der Waals surface area contributed by atoms with Crippen LogP contribution in [-0.2, 0) is 6.42 Å². The molecule has 0 aliphatic carbocycles. The molecule has 1 aromatic carbocycles. The monoisotopic (exact) mass is 288 g/mol. The van der Waals surface area contributed by atoms with Gasteiger partial charge in [0.2, 0.25) is 0 Å². The van der Waals surface area contributed by atoms with E-state index in [-0.39, 0.29) is 11.8 Å². The highest BCUT2D eigenvalue weighted by atomic mass is 32.1. The third-order valence-corrected chi connectivity index (χ3v) is 4.11. The maximum Gasteiger partial charge on any atom is 0.180 e. The van der Waals surface area contributed by atoms with Crippen LogP contribution in [-0.4, -0.2) is 22.1 Å². The van der Waals surface area contributed by atoms with Crippen LogP contribution in [0.25, 0.3) is 10.9 Å². The van der Waals surface area contributed by atoms with Gasteiger partial charge in [0.15, 0.2) is 5.13 Å². The zero-order valence-electron chi connectivity index (χ0n) is 11.1. The molecule has 0 saturated carbocycles. The fourth-order valence-electron chi connectivity index (χ4n) is 2.37. The molecule has 0 bridgehead atoms. The molecule has 0 aliphatic rings. The van der Waals surface area contributed by atoms with E-state index < -0.39 is 0 Å². The number of phenolic OH excluding ortho intramolecular Hbond substituents is 1. The second kappa shape index (κ2) is 5.15. The number of anilines is 1. The Bertz CT molecular complexity index is 734. The van der Waals surface area contributed by atoms with Crippen molar-refractivity contribution in [3.05, 3.63) is 41.0 Å². The smallest absolute Gasteiger partial charge is 0.180 e. The molecule has 0 unspecified atom stereocenters. The van der Waals surface area contributed by atoms with Crippen molar-refractivity contribution in [1.82, 2.24) is 15.3 Å². The van der Waals surface area contributed by atoms with Gasteiger partial charge in [-0.3, -0.25) is 0 Å². The van der Waals surface area contributed by atoms with Gasteiger partial charge in [0.05, 0.1) is 11.7 Å². The number of nitrogen functional groups attached to an aromatic ring is 1. The van der Waals surface area contributed by atoms with Crippen LogP contribution in [0.5, 0.6) is 5.75 Å². The molecule has 104 valence electrons. The number of rotatable bonds is 4. The van der Waals surface area contributed by atoms with E-state index >= 15 is 0 Å². The maximum atomic E-state index is 9.63. The summed E-state index contributed by atoms with van der Waals surface area (Å²) >= 11 is 1.45. The van der Waals surface area contributed by atoms with Gasteiger partial charge in [0, 0.05) is 22.5 Å². The summed E-state index contributed by atoms with van der Waals surface area (Å²) in [6, 6.07) is 5.44. The SMILES string of the molecule is CN[C@@H](Cc1c[nH]c2ccc(O)cc12)c1csc(N)n1. The quantitative estimate of drug-likeness (QED) is 0.594. The highest BCUT2D eigenvalue weighted by molar-refractivity contribution is 7.13. The number of thiazole rings is 1. The first-order valence-electron chi connectivity index (χ1n) is 6.34. The van der Waals surface area contributed by atoms with Crippen LogP contribution in [0.15, 0.2) is 29.8 Å². The average Bonchev–Trinajstić information content (AvgIpc) is 3.02. The molecule has 5 N–H and O–H groups in total. The van der Waals surface area contributed by atoms with Gasteiger partial charge < -0.3 is 21.1 Å². The third-order valence-electron chi connectivity index (χ3n) is 3.42. The van der Waals surface area contributed by atoms with E-state index in [9.17, 15) is 5.11 Å². The number of fused-ring (bicyclic) bond motifs is 1. The van der Waals surface area contributed by atoms with Crippen molar-refractivity contribution >= 4 is 27.4 Å². The van der Waals surface area contributed by atoms with Gasteiger partial charge in [-0.1, -0.05) is 0 Å². The van der Waals surface area contributed by atoms with Gasteiger partial charge >= 0.3 is 0 Å². The number of hydrogen-bond acceptors (Lipinski definition) is 5. The summed E-state index contributed by atoms with van der Waals surface area (Å²) in [6.07, 6.45) is 2.76. The molecule has 2 heterocycles. The normalized spacial score (nSPS) is 12.8. The van der Waals surface area contributed by atoms with E-state index in [1.54, 1.807) is 12.1 Å². The van der Waals surface area contributed by atoms with Crippen LogP contribution in [0.2, 0.25) is 0 Å². The molecule has 0 fully saturated rings. The summed E-state index contributed by atoms with van der Waals surface area (Å²) in [5.74, 6) is 0.275.